The van der Waals surface area contributed by atoms with Gasteiger partial charge in [-0.25, -0.2) is 5.01 Å². The third kappa shape index (κ3) is 2.69. The number of hydrazone groups is 1. The molecule has 0 aliphatic carbocycles. The first-order valence-electron chi connectivity index (χ1n) is 6.85. The molecule has 1 aromatic carbocycles. The summed E-state index contributed by atoms with van der Waals surface area (Å²) in [4.78, 5) is 11.0. The van der Waals surface area contributed by atoms with E-state index in [9.17, 15) is 4.79 Å². The molecule has 0 saturated heterocycles. The highest BCUT2D eigenvalue weighted by Crippen LogP contribution is 2.43. The third-order valence-electron chi connectivity index (χ3n) is 3.85. The smallest absolute Gasteiger partial charge is 0.270 e. The van der Waals surface area contributed by atoms with E-state index in [0.717, 1.165) is 5.56 Å². The van der Waals surface area contributed by atoms with E-state index in [4.69, 9.17) is 23.2 Å². The Morgan fingerprint density at radius 3 is 2.14 bits per heavy atom. The molecule has 2 unspecified atom stereocenters. The first-order valence-corrected chi connectivity index (χ1v) is 7.67. The lowest BCUT2D eigenvalue weighted by Crippen LogP contribution is -2.43. The number of nitrogens with zero attached hydrogens (tertiary/aromatic N) is 2. The van der Waals surface area contributed by atoms with Gasteiger partial charge in [-0.1, -0.05) is 56.6 Å². The fourth-order valence-electron chi connectivity index (χ4n) is 2.41. The maximum atomic E-state index is 12.3. The van der Waals surface area contributed by atoms with E-state index >= 15 is 0 Å². The Bertz CT molecular complexity index is 589. The van der Waals surface area contributed by atoms with E-state index in [-0.39, 0.29) is 11.3 Å². The fourth-order valence-corrected chi connectivity index (χ4v) is 3.09. The van der Waals surface area contributed by atoms with Crippen LogP contribution in [0.2, 0.25) is 0 Å². The maximum Gasteiger partial charge on any atom is 0.271 e. The number of benzene rings is 1. The SMILES string of the molecule is CC1=NN(C)C(=O)C1(Cl)C(Cl)c1ccc(C(C)(C)C)cc1. The minimum absolute atomic E-state index is 0.0692. The second kappa shape index (κ2) is 5.29. The number of alkyl halides is 2. The number of carbonyl (C=O) groups excluding carboxylic acids is 1. The van der Waals surface area contributed by atoms with Crippen LogP contribution in [0, 0.1) is 0 Å². The lowest BCUT2D eigenvalue weighted by molar-refractivity contribution is -0.129. The fraction of sp³-hybridized carbons (Fsp3) is 0.500. The van der Waals surface area contributed by atoms with Crippen molar-refractivity contribution >= 4 is 34.8 Å². The van der Waals surface area contributed by atoms with E-state index in [1.165, 1.54) is 10.6 Å². The van der Waals surface area contributed by atoms with Crippen LogP contribution in [0.1, 0.15) is 44.2 Å². The summed E-state index contributed by atoms with van der Waals surface area (Å²) in [6.07, 6.45) is 0. The van der Waals surface area contributed by atoms with Gasteiger partial charge in [0.15, 0.2) is 4.87 Å². The molecule has 0 spiro atoms. The molecule has 1 amide bonds. The summed E-state index contributed by atoms with van der Waals surface area (Å²) in [6.45, 7) is 8.17. The predicted molar refractivity (Wildman–Crippen MR) is 88.2 cm³/mol. The van der Waals surface area contributed by atoms with E-state index < -0.39 is 10.3 Å². The van der Waals surface area contributed by atoms with Crippen LogP contribution in [0.25, 0.3) is 0 Å². The standard InChI is InChI=1S/C16H20Cl2N2O/c1-10-16(18,14(21)20(5)19-10)13(17)11-6-8-12(9-7-11)15(2,3)4/h6-9,13H,1-5H3. The molecule has 2 rings (SSSR count). The zero-order valence-corrected chi connectivity index (χ0v) is 14.5. The van der Waals surface area contributed by atoms with Gasteiger partial charge < -0.3 is 0 Å². The van der Waals surface area contributed by atoms with Gasteiger partial charge in [0.25, 0.3) is 5.91 Å². The topological polar surface area (TPSA) is 32.7 Å². The van der Waals surface area contributed by atoms with E-state index in [1.54, 1.807) is 14.0 Å². The van der Waals surface area contributed by atoms with Gasteiger partial charge in [-0.15, -0.1) is 11.6 Å². The number of amides is 1. The number of hydrogen-bond donors (Lipinski definition) is 0. The van der Waals surface area contributed by atoms with Crippen molar-refractivity contribution in [1.29, 1.82) is 0 Å². The summed E-state index contributed by atoms with van der Waals surface area (Å²) >= 11 is 13.0. The van der Waals surface area contributed by atoms with Crippen molar-refractivity contribution in [3.05, 3.63) is 35.4 Å². The second-order valence-corrected chi connectivity index (χ2v) is 7.49. The van der Waals surface area contributed by atoms with Crippen molar-refractivity contribution in [2.75, 3.05) is 7.05 Å². The first kappa shape index (κ1) is 16.3. The molecule has 1 aromatic rings. The van der Waals surface area contributed by atoms with Crippen LogP contribution in [0.5, 0.6) is 0 Å². The molecule has 114 valence electrons. The van der Waals surface area contributed by atoms with Crippen molar-refractivity contribution in [3.63, 3.8) is 0 Å². The van der Waals surface area contributed by atoms with Gasteiger partial charge in [-0.05, 0) is 23.5 Å². The lowest BCUT2D eigenvalue weighted by atomic mass is 9.85. The summed E-state index contributed by atoms with van der Waals surface area (Å²) in [5, 5.41) is 4.70. The molecule has 1 aliphatic heterocycles. The predicted octanol–water partition coefficient (Wildman–Crippen LogP) is 4.09. The maximum absolute atomic E-state index is 12.3. The van der Waals surface area contributed by atoms with E-state index in [1.807, 2.05) is 24.3 Å². The summed E-state index contributed by atoms with van der Waals surface area (Å²) in [5.74, 6) is -0.290. The highest BCUT2D eigenvalue weighted by Gasteiger charge is 2.52. The van der Waals surface area contributed by atoms with Crippen molar-refractivity contribution in [3.8, 4) is 0 Å². The molecule has 1 aliphatic rings. The molecule has 0 fully saturated rings. The van der Waals surface area contributed by atoms with Gasteiger partial charge in [-0.2, -0.15) is 5.10 Å². The van der Waals surface area contributed by atoms with Crippen LogP contribution < -0.4 is 0 Å². The van der Waals surface area contributed by atoms with Gasteiger partial charge in [0.2, 0.25) is 0 Å². The Hall–Kier alpha value is -1.06. The number of carbonyl (C=O) groups is 1. The Morgan fingerprint density at radius 1 is 1.24 bits per heavy atom. The molecule has 0 aromatic heterocycles. The summed E-state index contributed by atoms with van der Waals surface area (Å²) in [5.41, 5.74) is 2.62. The first-order chi connectivity index (χ1) is 9.58. The molecule has 3 nitrogen and oxygen atoms in total. The van der Waals surface area contributed by atoms with Crippen LogP contribution in [-0.2, 0) is 10.2 Å². The third-order valence-corrected chi connectivity index (χ3v) is 5.19. The molecule has 21 heavy (non-hydrogen) atoms. The summed E-state index contributed by atoms with van der Waals surface area (Å²) < 4.78 is 0. The van der Waals surface area contributed by atoms with Crippen LogP contribution in [-0.4, -0.2) is 28.5 Å². The zero-order chi connectivity index (χ0) is 16.0. The Morgan fingerprint density at radius 2 is 1.76 bits per heavy atom. The minimum Gasteiger partial charge on any atom is -0.270 e. The average Bonchev–Trinajstić information content (AvgIpc) is 2.62. The Balaban J connectivity index is 2.35. The van der Waals surface area contributed by atoms with Gasteiger partial charge in [0, 0.05) is 7.05 Å². The summed E-state index contributed by atoms with van der Waals surface area (Å²) in [7, 11) is 1.59. The zero-order valence-electron chi connectivity index (χ0n) is 12.9. The van der Waals surface area contributed by atoms with Crippen LogP contribution in [0.4, 0.5) is 0 Å². The van der Waals surface area contributed by atoms with Gasteiger partial charge in [0.1, 0.15) is 0 Å². The van der Waals surface area contributed by atoms with Crippen molar-refractivity contribution in [2.24, 2.45) is 5.10 Å². The van der Waals surface area contributed by atoms with Crippen molar-refractivity contribution < 1.29 is 4.79 Å². The van der Waals surface area contributed by atoms with Crippen molar-refractivity contribution in [2.45, 2.75) is 43.4 Å². The molecule has 0 radical (unpaired) electrons. The Kier molecular flexibility index (Phi) is 4.11. The van der Waals surface area contributed by atoms with Crippen LogP contribution in [0.15, 0.2) is 29.4 Å². The monoisotopic (exact) mass is 326 g/mol. The normalized spacial score (nSPS) is 24.2. The molecule has 5 heteroatoms. The molecule has 2 atom stereocenters. The van der Waals surface area contributed by atoms with Crippen LogP contribution in [0.3, 0.4) is 0 Å². The van der Waals surface area contributed by atoms with E-state index in [0.29, 0.717) is 5.71 Å². The molecule has 0 bridgehead atoms. The molecule has 1 heterocycles. The van der Waals surface area contributed by atoms with E-state index in [2.05, 4.69) is 25.9 Å². The molecular formula is C16H20Cl2N2O. The number of halogens is 2. The molecule has 0 N–H and O–H groups in total. The summed E-state index contributed by atoms with van der Waals surface area (Å²) in [6, 6.07) is 7.92. The highest BCUT2D eigenvalue weighted by atomic mass is 35.5. The van der Waals surface area contributed by atoms with Crippen LogP contribution >= 0.6 is 23.2 Å². The second-order valence-electron chi connectivity index (χ2n) is 6.46. The average molecular weight is 327 g/mol. The van der Waals surface area contributed by atoms with Gasteiger partial charge >= 0.3 is 0 Å². The lowest BCUT2D eigenvalue weighted by Gasteiger charge is -2.26. The molecule has 0 saturated carbocycles. The van der Waals surface area contributed by atoms with Gasteiger partial charge in [-0.3, -0.25) is 4.79 Å². The quantitative estimate of drug-likeness (QED) is 0.753. The largest absolute Gasteiger partial charge is 0.271 e. The Labute approximate surface area is 135 Å². The molecular weight excluding hydrogens is 307 g/mol. The van der Waals surface area contributed by atoms with Gasteiger partial charge in [0.05, 0.1) is 11.1 Å². The number of rotatable bonds is 2. The highest BCUT2D eigenvalue weighted by molar-refractivity contribution is 6.52. The minimum atomic E-state index is -1.31. The number of hydrogen-bond acceptors (Lipinski definition) is 2. The van der Waals surface area contributed by atoms with Crippen molar-refractivity contribution in [1.82, 2.24) is 5.01 Å².